The van der Waals surface area contributed by atoms with E-state index in [4.69, 9.17) is 32.4 Å². The Hall–Kier alpha value is -1.00. The van der Waals surface area contributed by atoms with Crippen LogP contribution in [0.15, 0.2) is 34.7 Å². The van der Waals surface area contributed by atoms with E-state index in [1.807, 2.05) is 18.2 Å². The Morgan fingerprint density at radius 3 is 2.90 bits per heavy atom. The van der Waals surface area contributed by atoms with Gasteiger partial charge < -0.3 is 14.5 Å². The third kappa shape index (κ3) is 3.80. The molecule has 3 nitrogen and oxygen atoms in total. The molecule has 1 fully saturated rings. The quantitative estimate of drug-likeness (QED) is 0.913. The Balaban J connectivity index is 1.61. The van der Waals surface area contributed by atoms with Gasteiger partial charge in [0.2, 0.25) is 0 Å². The molecule has 2 heterocycles. The van der Waals surface area contributed by atoms with Gasteiger partial charge in [-0.3, -0.25) is 0 Å². The highest BCUT2D eigenvalue weighted by Crippen LogP contribution is 2.31. The minimum Gasteiger partial charge on any atom is -0.455 e. The fraction of sp³-hybridized carbons (Fsp3) is 0.375. The van der Waals surface area contributed by atoms with Crippen molar-refractivity contribution in [2.75, 3.05) is 13.2 Å². The molecule has 112 valence electrons. The van der Waals surface area contributed by atoms with E-state index in [0.717, 1.165) is 43.2 Å². The molecule has 21 heavy (non-hydrogen) atoms. The van der Waals surface area contributed by atoms with Crippen LogP contribution < -0.4 is 5.32 Å². The predicted molar refractivity (Wildman–Crippen MR) is 83.6 cm³/mol. The van der Waals surface area contributed by atoms with Crippen molar-refractivity contribution in [1.82, 2.24) is 0 Å². The number of hydrogen-bond donors (Lipinski definition) is 1. The predicted octanol–water partition coefficient (Wildman–Crippen LogP) is 3.50. The third-order valence-electron chi connectivity index (χ3n) is 3.65. The number of ether oxygens (including phenoxy) is 1. The molecule has 5 heteroatoms. The Bertz CT molecular complexity index is 606. The second-order valence-corrected chi connectivity index (χ2v) is 6.10. The first-order chi connectivity index (χ1) is 10.2. The molecule has 2 aromatic rings. The van der Waals surface area contributed by atoms with Crippen molar-refractivity contribution in [1.29, 1.82) is 0 Å². The first-order valence-corrected chi connectivity index (χ1v) is 7.95. The number of halogens is 2. The van der Waals surface area contributed by atoms with Crippen LogP contribution in [-0.2, 0) is 11.3 Å². The average Bonchev–Trinajstić information content (AvgIpc) is 3.13. The molecular weight excluding hydrogens is 309 g/mol. The minimum atomic E-state index is 0.391. The maximum Gasteiger partial charge on any atom is 0.158 e. The zero-order chi connectivity index (χ0) is 14.7. The van der Waals surface area contributed by atoms with Gasteiger partial charge in [-0.15, -0.1) is 0 Å². The molecule has 1 aromatic heterocycles. The van der Waals surface area contributed by atoms with Gasteiger partial charge in [0, 0.05) is 17.2 Å². The summed E-state index contributed by atoms with van der Waals surface area (Å²) in [5.74, 6) is 1.68. The van der Waals surface area contributed by atoms with Crippen LogP contribution in [0.2, 0.25) is 10.0 Å². The normalized spacial score (nSPS) is 18.3. The lowest BCUT2D eigenvalue weighted by Crippen LogP contribution is -2.84. The maximum absolute atomic E-state index is 6.19. The highest BCUT2D eigenvalue weighted by atomic mass is 35.5. The second-order valence-electron chi connectivity index (χ2n) is 5.25. The molecule has 1 aliphatic heterocycles. The Morgan fingerprint density at radius 2 is 2.10 bits per heavy atom. The van der Waals surface area contributed by atoms with Gasteiger partial charge in [-0.1, -0.05) is 23.2 Å². The number of quaternary nitrogens is 1. The molecule has 1 aliphatic rings. The van der Waals surface area contributed by atoms with Gasteiger partial charge in [0.15, 0.2) is 5.76 Å². The fourth-order valence-electron chi connectivity index (χ4n) is 2.56. The molecule has 0 saturated carbocycles. The van der Waals surface area contributed by atoms with Crippen molar-refractivity contribution in [2.45, 2.75) is 25.5 Å². The molecule has 3 rings (SSSR count). The molecule has 0 bridgehead atoms. The lowest BCUT2D eigenvalue weighted by molar-refractivity contribution is -0.677. The number of benzene rings is 1. The molecule has 0 unspecified atom stereocenters. The van der Waals surface area contributed by atoms with Gasteiger partial charge in [0.25, 0.3) is 0 Å². The number of nitrogens with two attached hydrogens (primary N) is 1. The largest absolute Gasteiger partial charge is 0.455 e. The first-order valence-electron chi connectivity index (χ1n) is 7.20. The van der Waals surface area contributed by atoms with Crippen LogP contribution in [-0.4, -0.2) is 19.3 Å². The van der Waals surface area contributed by atoms with Gasteiger partial charge in [0.1, 0.15) is 25.0 Å². The number of rotatable bonds is 5. The van der Waals surface area contributed by atoms with Crippen molar-refractivity contribution in [3.63, 3.8) is 0 Å². The lowest BCUT2D eigenvalue weighted by atomic mass is 10.2. The van der Waals surface area contributed by atoms with E-state index >= 15 is 0 Å². The summed E-state index contributed by atoms with van der Waals surface area (Å²) < 4.78 is 11.5. The monoisotopic (exact) mass is 326 g/mol. The zero-order valence-electron chi connectivity index (χ0n) is 11.6. The molecule has 0 aliphatic carbocycles. The van der Waals surface area contributed by atoms with Gasteiger partial charge in [0.05, 0.1) is 5.02 Å². The third-order valence-corrected chi connectivity index (χ3v) is 4.22. The lowest BCUT2D eigenvalue weighted by Gasteiger charge is -2.06. The van der Waals surface area contributed by atoms with E-state index in [9.17, 15) is 0 Å². The summed E-state index contributed by atoms with van der Waals surface area (Å²) in [6, 6.07) is 9.30. The molecule has 0 spiro atoms. The summed E-state index contributed by atoms with van der Waals surface area (Å²) in [7, 11) is 0. The van der Waals surface area contributed by atoms with Crippen LogP contribution in [0.3, 0.4) is 0 Å². The molecule has 0 amide bonds. The van der Waals surface area contributed by atoms with Gasteiger partial charge in [-0.25, -0.2) is 0 Å². The van der Waals surface area contributed by atoms with E-state index in [1.54, 1.807) is 12.1 Å². The highest BCUT2D eigenvalue weighted by Gasteiger charge is 2.17. The van der Waals surface area contributed by atoms with Crippen LogP contribution in [0.1, 0.15) is 18.6 Å². The van der Waals surface area contributed by atoms with E-state index in [2.05, 4.69) is 5.32 Å². The molecule has 1 aromatic carbocycles. The maximum atomic E-state index is 6.19. The van der Waals surface area contributed by atoms with Crippen LogP contribution in [0.5, 0.6) is 0 Å². The first kappa shape index (κ1) is 14.9. The second kappa shape index (κ2) is 6.84. The SMILES string of the molecule is Clc1ccc(Cl)c(-c2ccc(C[NH2+]C[C@@H]3CCCO3)o2)c1. The Labute approximate surface area is 134 Å². The van der Waals surface area contributed by atoms with E-state index < -0.39 is 0 Å². The molecule has 1 saturated heterocycles. The summed E-state index contributed by atoms with van der Waals surface area (Å²) in [6.45, 7) is 2.68. The van der Waals surface area contributed by atoms with Crippen LogP contribution >= 0.6 is 23.2 Å². The van der Waals surface area contributed by atoms with Crippen molar-refractivity contribution in [2.24, 2.45) is 0 Å². The smallest absolute Gasteiger partial charge is 0.158 e. The van der Waals surface area contributed by atoms with Crippen molar-refractivity contribution >= 4 is 23.2 Å². The van der Waals surface area contributed by atoms with E-state index in [-0.39, 0.29) is 0 Å². The van der Waals surface area contributed by atoms with Crippen LogP contribution in [0, 0.1) is 0 Å². The summed E-state index contributed by atoms with van der Waals surface area (Å²) in [4.78, 5) is 0. The highest BCUT2D eigenvalue weighted by molar-refractivity contribution is 6.35. The van der Waals surface area contributed by atoms with Crippen molar-refractivity contribution < 1.29 is 14.5 Å². The fourth-order valence-corrected chi connectivity index (χ4v) is 2.94. The Morgan fingerprint density at radius 1 is 1.19 bits per heavy atom. The summed E-state index contributed by atoms with van der Waals surface area (Å²) in [6.07, 6.45) is 2.73. The molecule has 1 atom stereocenters. The minimum absolute atomic E-state index is 0.391. The van der Waals surface area contributed by atoms with E-state index in [0.29, 0.717) is 16.1 Å². The van der Waals surface area contributed by atoms with Gasteiger partial charge in [-0.2, -0.15) is 0 Å². The van der Waals surface area contributed by atoms with Gasteiger partial charge >= 0.3 is 0 Å². The molecule has 0 radical (unpaired) electrons. The van der Waals surface area contributed by atoms with Crippen molar-refractivity contribution in [3.8, 4) is 11.3 Å². The van der Waals surface area contributed by atoms with E-state index in [1.165, 1.54) is 6.42 Å². The standard InChI is InChI=1S/C16H17Cl2NO2/c17-11-3-5-15(18)14(8-11)16-6-4-13(21-16)10-19-9-12-2-1-7-20-12/h3-6,8,12,19H,1-2,7,9-10H2/p+1/t12-/m0/s1. The summed E-state index contributed by atoms with van der Waals surface area (Å²) in [5.41, 5.74) is 0.828. The molecular formula is C16H18Cl2NO2+. The van der Waals surface area contributed by atoms with Gasteiger partial charge in [-0.05, 0) is 43.2 Å². The average molecular weight is 327 g/mol. The van der Waals surface area contributed by atoms with Crippen molar-refractivity contribution in [3.05, 3.63) is 46.1 Å². The Kier molecular flexibility index (Phi) is 4.86. The number of furan rings is 1. The summed E-state index contributed by atoms with van der Waals surface area (Å²) >= 11 is 12.2. The topological polar surface area (TPSA) is 39.0 Å². The molecule has 2 N–H and O–H groups in total. The van der Waals surface area contributed by atoms with Crippen LogP contribution in [0.4, 0.5) is 0 Å². The van der Waals surface area contributed by atoms with Crippen LogP contribution in [0.25, 0.3) is 11.3 Å². The number of hydrogen-bond acceptors (Lipinski definition) is 2. The zero-order valence-corrected chi connectivity index (χ0v) is 13.2. The summed E-state index contributed by atoms with van der Waals surface area (Å²) in [5, 5.41) is 3.51.